The summed E-state index contributed by atoms with van der Waals surface area (Å²) in [5, 5.41) is 3.33. The van der Waals surface area contributed by atoms with E-state index in [2.05, 4.69) is 23.9 Å². The zero-order valence-electron chi connectivity index (χ0n) is 12.9. The van der Waals surface area contributed by atoms with Crippen molar-refractivity contribution in [2.75, 3.05) is 13.7 Å². The number of carbonyl (C=O) groups is 1. The van der Waals surface area contributed by atoms with Crippen LogP contribution in [0.5, 0.6) is 0 Å². The minimum atomic E-state index is -0.356. The topological polar surface area (TPSA) is 51.5 Å². The maximum Gasteiger partial charge on any atom is 0.341 e. The van der Waals surface area contributed by atoms with Crippen LogP contribution in [0.3, 0.4) is 0 Å². The van der Waals surface area contributed by atoms with Gasteiger partial charge in [-0.15, -0.1) is 0 Å². The van der Waals surface area contributed by atoms with Crippen LogP contribution >= 0.6 is 0 Å². The van der Waals surface area contributed by atoms with Crippen molar-refractivity contribution < 1.29 is 13.9 Å². The Morgan fingerprint density at radius 2 is 2.05 bits per heavy atom. The van der Waals surface area contributed by atoms with E-state index in [9.17, 15) is 4.79 Å². The molecule has 20 heavy (non-hydrogen) atoms. The van der Waals surface area contributed by atoms with Gasteiger partial charge in [-0.1, -0.05) is 39.5 Å². The second kappa shape index (κ2) is 9.59. The Hall–Kier alpha value is -1.29. The summed E-state index contributed by atoms with van der Waals surface area (Å²) in [5.41, 5.74) is 0.470. The van der Waals surface area contributed by atoms with E-state index in [0.717, 1.165) is 18.2 Å². The molecule has 4 heteroatoms. The molecule has 0 spiro atoms. The lowest BCUT2D eigenvalue weighted by Gasteiger charge is -2.05. The normalized spacial score (nSPS) is 11.0. The van der Waals surface area contributed by atoms with Gasteiger partial charge in [0.2, 0.25) is 0 Å². The van der Waals surface area contributed by atoms with E-state index in [1.54, 1.807) is 6.07 Å². The Kier molecular flexibility index (Phi) is 8.04. The largest absolute Gasteiger partial charge is 0.467 e. The summed E-state index contributed by atoms with van der Waals surface area (Å²) in [5.74, 6) is 1.23. The molecule has 1 N–H and O–H groups in total. The Labute approximate surface area is 121 Å². The van der Waals surface area contributed by atoms with E-state index in [1.165, 1.54) is 45.5 Å². The van der Waals surface area contributed by atoms with Crippen molar-refractivity contribution >= 4 is 5.97 Å². The molecule has 114 valence electrons. The zero-order valence-corrected chi connectivity index (χ0v) is 12.9. The quantitative estimate of drug-likeness (QED) is 0.524. The van der Waals surface area contributed by atoms with Crippen LogP contribution in [0.15, 0.2) is 16.7 Å². The van der Waals surface area contributed by atoms with E-state index in [4.69, 9.17) is 4.42 Å². The lowest BCUT2D eigenvalue weighted by atomic mass is 10.0. The van der Waals surface area contributed by atoms with Gasteiger partial charge < -0.3 is 14.5 Å². The molecule has 1 heterocycles. The molecule has 0 radical (unpaired) electrons. The van der Waals surface area contributed by atoms with Crippen LogP contribution in [0.2, 0.25) is 0 Å². The lowest BCUT2D eigenvalue weighted by Crippen LogP contribution is -2.14. The van der Waals surface area contributed by atoms with Crippen molar-refractivity contribution in [2.45, 2.75) is 52.5 Å². The Morgan fingerprint density at radius 1 is 1.30 bits per heavy atom. The molecule has 0 fully saturated rings. The second-order valence-electron chi connectivity index (χ2n) is 5.57. The van der Waals surface area contributed by atoms with E-state index in [0.29, 0.717) is 12.1 Å². The van der Waals surface area contributed by atoms with Crippen molar-refractivity contribution in [1.82, 2.24) is 5.32 Å². The summed E-state index contributed by atoms with van der Waals surface area (Å²) in [6, 6.07) is 1.72. The summed E-state index contributed by atoms with van der Waals surface area (Å²) in [6.07, 6.45) is 7.87. The van der Waals surface area contributed by atoms with E-state index in [1.807, 2.05) is 0 Å². The van der Waals surface area contributed by atoms with Crippen LogP contribution < -0.4 is 5.32 Å². The molecule has 0 aliphatic rings. The summed E-state index contributed by atoms with van der Waals surface area (Å²) in [7, 11) is 1.37. The molecule has 4 nitrogen and oxygen atoms in total. The number of unbranched alkanes of at least 4 members (excludes halogenated alkanes) is 3. The lowest BCUT2D eigenvalue weighted by molar-refractivity contribution is 0.0600. The van der Waals surface area contributed by atoms with Gasteiger partial charge >= 0.3 is 5.97 Å². The zero-order chi connectivity index (χ0) is 14.8. The van der Waals surface area contributed by atoms with Gasteiger partial charge in [0.1, 0.15) is 12.0 Å². The van der Waals surface area contributed by atoms with Crippen LogP contribution in [-0.4, -0.2) is 19.6 Å². The maximum atomic E-state index is 11.2. The van der Waals surface area contributed by atoms with Crippen molar-refractivity contribution in [3.05, 3.63) is 23.7 Å². The molecule has 1 aromatic rings. The third kappa shape index (κ3) is 6.75. The van der Waals surface area contributed by atoms with Crippen molar-refractivity contribution in [3.8, 4) is 0 Å². The van der Waals surface area contributed by atoms with Crippen LogP contribution in [0.25, 0.3) is 0 Å². The number of hydrogen-bond acceptors (Lipinski definition) is 4. The number of nitrogens with one attached hydrogen (secondary N) is 1. The number of ether oxygens (including phenoxy) is 1. The molecule has 1 aromatic heterocycles. The molecule has 1 rings (SSSR count). The predicted octanol–water partition coefficient (Wildman–Crippen LogP) is 3.76. The Morgan fingerprint density at radius 3 is 2.75 bits per heavy atom. The molecular formula is C16H27NO3. The first-order valence-corrected chi connectivity index (χ1v) is 7.50. The van der Waals surface area contributed by atoms with Crippen LogP contribution in [-0.2, 0) is 11.3 Å². The fourth-order valence-electron chi connectivity index (χ4n) is 2.07. The Balaban J connectivity index is 2.04. The van der Waals surface area contributed by atoms with Gasteiger partial charge in [-0.2, -0.15) is 0 Å². The minimum Gasteiger partial charge on any atom is -0.467 e. The third-order valence-electron chi connectivity index (χ3n) is 3.26. The summed E-state index contributed by atoms with van der Waals surface area (Å²) >= 11 is 0. The standard InChI is InChI=1S/C16H27NO3/c1-13(2)8-6-4-5-7-9-17-11-15-10-14(12-20-15)16(18)19-3/h10,12-13,17H,4-9,11H2,1-3H3. The number of carbonyl (C=O) groups excluding carboxylic acids is 1. The smallest absolute Gasteiger partial charge is 0.341 e. The van der Waals surface area contributed by atoms with Gasteiger partial charge in [0, 0.05) is 0 Å². The second-order valence-corrected chi connectivity index (χ2v) is 5.57. The van der Waals surface area contributed by atoms with Crippen molar-refractivity contribution in [1.29, 1.82) is 0 Å². The van der Waals surface area contributed by atoms with E-state index >= 15 is 0 Å². The molecule has 0 saturated heterocycles. The minimum absolute atomic E-state index is 0.356. The number of esters is 1. The van der Waals surface area contributed by atoms with Gasteiger partial charge in [-0.3, -0.25) is 0 Å². The molecule has 0 saturated carbocycles. The van der Waals surface area contributed by atoms with Gasteiger partial charge in [0.05, 0.1) is 19.2 Å². The molecule has 0 aliphatic carbocycles. The van der Waals surface area contributed by atoms with E-state index in [-0.39, 0.29) is 5.97 Å². The highest BCUT2D eigenvalue weighted by Crippen LogP contribution is 2.10. The predicted molar refractivity (Wildman–Crippen MR) is 79.7 cm³/mol. The van der Waals surface area contributed by atoms with Crippen molar-refractivity contribution in [2.24, 2.45) is 5.92 Å². The highest BCUT2D eigenvalue weighted by Gasteiger charge is 2.09. The summed E-state index contributed by atoms with van der Waals surface area (Å²) in [6.45, 7) is 6.18. The first-order valence-electron chi connectivity index (χ1n) is 7.50. The average Bonchev–Trinajstić information content (AvgIpc) is 2.89. The van der Waals surface area contributed by atoms with Crippen molar-refractivity contribution in [3.63, 3.8) is 0 Å². The number of methoxy groups -OCH3 is 1. The van der Waals surface area contributed by atoms with Gasteiger partial charge in [-0.05, 0) is 24.9 Å². The summed E-state index contributed by atoms with van der Waals surface area (Å²) < 4.78 is 9.92. The molecule has 0 aliphatic heterocycles. The van der Waals surface area contributed by atoms with Gasteiger partial charge in [0.15, 0.2) is 0 Å². The monoisotopic (exact) mass is 281 g/mol. The van der Waals surface area contributed by atoms with Crippen LogP contribution in [0, 0.1) is 5.92 Å². The molecule has 0 bridgehead atoms. The Bertz CT molecular complexity index is 385. The first kappa shape index (κ1) is 16.8. The third-order valence-corrected chi connectivity index (χ3v) is 3.26. The van der Waals surface area contributed by atoms with Crippen LogP contribution in [0.1, 0.15) is 62.1 Å². The molecule has 0 atom stereocenters. The highest BCUT2D eigenvalue weighted by atomic mass is 16.5. The SMILES string of the molecule is COC(=O)c1coc(CNCCCCCCC(C)C)c1. The fraction of sp³-hybridized carbons (Fsp3) is 0.688. The number of furan rings is 1. The molecule has 0 amide bonds. The number of hydrogen-bond donors (Lipinski definition) is 1. The first-order chi connectivity index (χ1) is 9.63. The van der Waals surface area contributed by atoms with Crippen LogP contribution in [0.4, 0.5) is 0 Å². The maximum absolute atomic E-state index is 11.2. The fourth-order valence-corrected chi connectivity index (χ4v) is 2.07. The highest BCUT2D eigenvalue weighted by molar-refractivity contribution is 5.88. The molecule has 0 unspecified atom stereocenters. The van der Waals surface area contributed by atoms with Gasteiger partial charge in [-0.25, -0.2) is 4.79 Å². The average molecular weight is 281 g/mol. The van der Waals surface area contributed by atoms with Gasteiger partial charge in [0.25, 0.3) is 0 Å². The molecular weight excluding hydrogens is 254 g/mol. The van der Waals surface area contributed by atoms with E-state index < -0.39 is 0 Å². The molecule has 0 aromatic carbocycles. The number of rotatable bonds is 10. The summed E-state index contributed by atoms with van der Waals surface area (Å²) in [4.78, 5) is 11.2.